The Balaban J connectivity index is 1.60. The van der Waals surface area contributed by atoms with Gasteiger partial charge in [-0.05, 0) is 31.0 Å². The van der Waals surface area contributed by atoms with Crippen LogP contribution < -0.4 is 5.69 Å². The number of H-pyrrole nitrogens is 2. The Hall–Kier alpha value is -4.01. The predicted octanol–water partition coefficient (Wildman–Crippen LogP) is 2.91. The molecule has 9 nitrogen and oxygen atoms in total. The average Bonchev–Trinajstić information content (AvgIpc) is 3.22. The van der Waals surface area contributed by atoms with Crippen LogP contribution in [0.25, 0.3) is 45.1 Å². The molecule has 0 aliphatic heterocycles. The number of nitrogens with zero attached hydrogens (tertiary/aromatic N) is 6. The van der Waals surface area contributed by atoms with E-state index in [0.717, 1.165) is 40.6 Å². The third-order valence-electron chi connectivity index (χ3n) is 5.50. The van der Waals surface area contributed by atoms with Gasteiger partial charge in [-0.15, -0.1) is 0 Å². The molecule has 1 fully saturated rings. The van der Waals surface area contributed by atoms with Gasteiger partial charge < -0.3 is 4.98 Å². The van der Waals surface area contributed by atoms with Gasteiger partial charge in [-0.3, -0.25) is 14.2 Å². The van der Waals surface area contributed by atoms with E-state index in [1.807, 2.05) is 42.2 Å². The van der Waals surface area contributed by atoms with Crippen LogP contribution in [0.5, 0.6) is 0 Å². The van der Waals surface area contributed by atoms with Gasteiger partial charge in [0.15, 0.2) is 5.82 Å². The van der Waals surface area contributed by atoms with Gasteiger partial charge in [-0.25, -0.2) is 14.9 Å². The number of fused-ring (bicyclic) bond motifs is 1. The molecule has 2 N–H and O–H groups in total. The summed E-state index contributed by atoms with van der Waals surface area (Å²) in [6.07, 6.45) is 7.27. The van der Waals surface area contributed by atoms with Gasteiger partial charge in [-0.2, -0.15) is 10.2 Å². The number of imidazole rings is 1. The van der Waals surface area contributed by atoms with E-state index >= 15 is 0 Å². The van der Waals surface area contributed by atoms with Crippen LogP contribution in [0, 0.1) is 0 Å². The van der Waals surface area contributed by atoms with Gasteiger partial charge in [0.2, 0.25) is 0 Å². The Morgan fingerprint density at radius 1 is 1.13 bits per heavy atom. The molecule has 0 radical (unpaired) electrons. The van der Waals surface area contributed by atoms with E-state index in [0.29, 0.717) is 17.3 Å². The minimum atomic E-state index is -0.202. The highest BCUT2D eigenvalue weighted by Crippen LogP contribution is 2.39. The zero-order valence-electron chi connectivity index (χ0n) is 16.2. The molecule has 1 aliphatic carbocycles. The minimum absolute atomic E-state index is 0.178. The maximum absolute atomic E-state index is 12.4. The van der Waals surface area contributed by atoms with Crippen LogP contribution in [-0.4, -0.2) is 39.5 Å². The number of hydrogen-bond donors (Lipinski definition) is 2. The molecular weight excluding hydrogens is 380 g/mol. The van der Waals surface area contributed by atoms with Gasteiger partial charge in [-0.1, -0.05) is 12.1 Å². The Bertz CT molecular complexity index is 1430. The normalized spacial score (nSPS) is 13.9. The molecule has 0 saturated heterocycles. The molecule has 1 saturated carbocycles. The van der Waals surface area contributed by atoms with Crippen molar-refractivity contribution in [1.29, 1.82) is 0 Å². The van der Waals surface area contributed by atoms with Gasteiger partial charge in [0.1, 0.15) is 11.5 Å². The van der Waals surface area contributed by atoms with E-state index in [1.165, 1.54) is 0 Å². The highest BCUT2D eigenvalue weighted by molar-refractivity contribution is 5.87. The van der Waals surface area contributed by atoms with Crippen molar-refractivity contribution in [3.8, 4) is 34.2 Å². The van der Waals surface area contributed by atoms with Gasteiger partial charge >= 0.3 is 5.69 Å². The number of pyridine rings is 1. The number of benzene rings is 1. The molecule has 6 rings (SSSR count). The van der Waals surface area contributed by atoms with Crippen molar-refractivity contribution in [3.63, 3.8) is 0 Å². The molecule has 4 heterocycles. The molecular formula is C21H18N8O. The minimum Gasteiger partial charge on any atom is -0.337 e. The quantitative estimate of drug-likeness (QED) is 0.484. The van der Waals surface area contributed by atoms with E-state index in [9.17, 15) is 4.79 Å². The summed E-state index contributed by atoms with van der Waals surface area (Å²) in [5.74, 6) is 1.23. The fourth-order valence-electron chi connectivity index (χ4n) is 3.83. The van der Waals surface area contributed by atoms with Crippen molar-refractivity contribution >= 4 is 10.9 Å². The molecule has 0 amide bonds. The molecule has 5 aromatic rings. The van der Waals surface area contributed by atoms with E-state index in [2.05, 4.69) is 31.3 Å². The standard InChI is InChI=1S/C21H18N8O/c1-28-16-9-12(4-5-13(16)11-23-28)17-18(20-26-27-21(30)29(20)15-6-7-15)25-19(24-17)14-3-2-8-22-10-14/h2-5,8-11,15H,6-7H2,1H3,(H,24,25)(H,27,30). The summed E-state index contributed by atoms with van der Waals surface area (Å²) < 4.78 is 3.56. The van der Waals surface area contributed by atoms with Gasteiger partial charge in [0, 0.05) is 42.0 Å². The first-order valence-corrected chi connectivity index (χ1v) is 9.79. The summed E-state index contributed by atoms with van der Waals surface area (Å²) in [5, 5.41) is 12.3. The average molecular weight is 398 g/mol. The maximum atomic E-state index is 12.4. The lowest BCUT2D eigenvalue weighted by molar-refractivity contribution is 0.715. The number of aryl methyl sites for hydroxylation is 1. The zero-order chi connectivity index (χ0) is 20.2. The predicted molar refractivity (Wildman–Crippen MR) is 112 cm³/mol. The maximum Gasteiger partial charge on any atom is 0.343 e. The van der Waals surface area contributed by atoms with Gasteiger partial charge in [0.25, 0.3) is 0 Å². The molecule has 1 aliphatic rings. The second kappa shape index (κ2) is 6.24. The molecule has 4 aromatic heterocycles. The molecule has 0 bridgehead atoms. The highest BCUT2D eigenvalue weighted by atomic mass is 16.1. The highest BCUT2D eigenvalue weighted by Gasteiger charge is 2.31. The van der Waals surface area contributed by atoms with Crippen LogP contribution in [0.1, 0.15) is 18.9 Å². The van der Waals surface area contributed by atoms with Crippen LogP contribution >= 0.6 is 0 Å². The van der Waals surface area contributed by atoms with Gasteiger partial charge in [0.05, 0.1) is 17.4 Å². The molecule has 148 valence electrons. The summed E-state index contributed by atoms with van der Waals surface area (Å²) >= 11 is 0. The van der Waals surface area contributed by atoms with Crippen LogP contribution in [0.15, 0.2) is 53.7 Å². The van der Waals surface area contributed by atoms with Crippen molar-refractivity contribution in [1.82, 2.24) is 39.5 Å². The van der Waals surface area contributed by atoms with E-state index in [1.54, 1.807) is 17.0 Å². The number of aromatic amines is 2. The van der Waals surface area contributed by atoms with Crippen LogP contribution in [0.2, 0.25) is 0 Å². The third kappa shape index (κ3) is 2.59. The largest absolute Gasteiger partial charge is 0.343 e. The lowest BCUT2D eigenvalue weighted by Crippen LogP contribution is -2.16. The first kappa shape index (κ1) is 16.9. The number of aromatic nitrogens is 8. The fourth-order valence-corrected chi connectivity index (χ4v) is 3.83. The number of hydrogen-bond acceptors (Lipinski definition) is 5. The summed E-state index contributed by atoms with van der Waals surface area (Å²) in [6, 6.07) is 10.1. The summed E-state index contributed by atoms with van der Waals surface area (Å²) in [5.41, 5.74) is 4.06. The zero-order valence-corrected chi connectivity index (χ0v) is 16.2. The molecule has 0 atom stereocenters. The summed E-state index contributed by atoms with van der Waals surface area (Å²) in [7, 11) is 1.92. The van der Waals surface area contributed by atoms with Crippen LogP contribution in [0.3, 0.4) is 0 Å². The Labute approximate surface area is 170 Å². The lowest BCUT2D eigenvalue weighted by Gasteiger charge is -2.05. The molecule has 9 heteroatoms. The van der Waals surface area contributed by atoms with E-state index in [-0.39, 0.29) is 11.7 Å². The molecule has 30 heavy (non-hydrogen) atoms. The lowest BCUT2D eigenvalue weighted by atomic mass is 10.1. The van der Waals surface area contributed by atoms with Crippen molar-refractivity contribution in [2.24, 2.45) is 7.05 Å². The first-order chi connectivity index (χ1) is 14.7. The monoisotopic (exact) mass is 398 g/mol. The van der Waals surface area contributed by atoms with Crippen LogP contribution in [-0.2, 0) is 7.05 Å². The fraction of sp³-hybridized carbons (Fsp3) is 0.190. The summed E-state index contributed by atoms with van der Waals surface area (Å²) in [6.45, 7) is 0. The summed E-state index contributed by atoms with van der Waals surface area (Å²) in [4.78, 5) is 24.9. The smallest absolute Gasteiger partial charge is 0.337 e. The molecule has 0 spiro atoms. The topological polar surface area (TPSA) is 110 Å². The third-order valence-corrected chi connectivity index (χ3v) is 5.50. The van der Waals surface area contributed by atoms with Crippen molar-refractivity contribution in [2.45, 2.75) is 18.9 Å². The SMILES string of the molecule is Cn1ncc2ccc(-c3[nH]c(-c4cccnc4)nc3-c3n[nH]c(=O)n3C3CC3)cc21. The Morgan fingerprint density at radius 2 is 2.03 bits per heavy atom. The number of nitrogens with one attached hydrogen (secondary N) is 2. The molecule has 0 unspecified atom stereocenters. The second-order valence-corrected chi connectivity index (χ2v) is 7.55. The van der Waals surface area contributed by atoms with Crippen LogP contribution in [0.4, 0.5) is 0 Å². The molecule has 1 aromatic carbocycles. The van der Waals surface area contributed by atoms with Crippen molar-refractivity contribution in [2.75, 3.05) is 0 Å². The van der Waals surface area contributed by atoms with Crippen molar-refractivity contribution < 1.29 is 0 Å². The van der Waals surface area contributed by atoms with Crippen molar-refractivity contribution in [3.05, 3.63) is 59.4 Å². The number of rotatable bonds is 4. The second-order valence-electron chi connectivity index (χ2n) is 7.55. The van der Waals surface area contributed by atoms with E-state index in [4.69, 9.17) is 4.98 Å². The Kier molecular flexibility index (Phi) is 3.52. The van der Waals surface area contributed by atoms with E-state index < -0.39 is 0 Å². The Morgan fingerprint density at radius 3 is 2.83 bits per heavy atom. The first-order valence-electron chi connectivity index (χ1n) is 9.79.